The van der Waals surface area contributed by atoms with Crippen LogP contribution in [0.5, 0.6) is 17.5 Å². The second-order valence-electron chi connectivity index (χ2n) is 7.14. The number of hydrogen-bond acceptors (Lipinski definition) is 5. The molecule has 0 saturated heterocycles. The van der Waals surface area contributed by atoms with Gasteiger partial charge in [0.1, 0.15) is 5.75 Å². The van der Waals surface area contributed by atoms with Crippen molar-refractivity contribution in [1.82, 2.24) is 4.98 Å². The quantitative estimate of drug-likeness (QED) is 0.480. The number of nitrogens with two attached hydrogens (primary N) is 1. The number of halogens is 2. The number of benzene rings is 2. The summed E-state index contributed by atoms with van der Waals surface area (Å²) >= 11 is 0. The third-order valence-corrected chi connectivity index (χ3v) is 4.85. The molecule has 0 aliphatic heterocycles. The summed E-state index contributed by atoms with van der Waals surface area (Å²) in [5.74, 6) is -4.29. The summed E-state index contributed by atoms with van der Waals surface area (Å²) in [5.41, 5.74) is 9.39. The Labute approximate surface area is 184 Å². The monoisotopic (exact) mass is 442 g/mol. The maximum Gasteiger partial charge on any atom is 0.344 e. The van der Waals surface area contributed by atoms with E-state index in [1.54, 1.807) is 19.1 Å². The fraction of sp³-hybridized carbons (Fsp3) is 0.250. The van der Waals surface area contributed by atoms with Crippen LogP contribution in [0.3, 0.4) is 0 Å². The molecule has 0 bridgehead atoms. The van der Waals surface area contributed by atoms with E-state index in [0.717, 1.165) is 22.3 Å². The number of hydrogen-bond donors (Lipinski definition) is 2. The highest BCUT2D eigenvalue weighted by Gasteiger charge is 2.22. The van der Waals surface area contributed by atoms with Crippen LogP contribution in [0.2, 0.25) is 0 Å². The van der Waals surface area contributed by atoms with Gasteiger partial charge in [0.2, 0.25) is 0 Å². The first-order chi connectivity index (χ1) is 15.3. The number of carboxylic acids is 1. The van der Waals surface area contributed by atoms with Crippen molar-refractivity contribution in [3.05, 3.63) is 71.3 Å². The average Bonchev–Trinajstić information content (AvgIpc) is 2.79. The molecule has 168 valence electrons. The molecule has 1 heterocycles. The molecule has 3 aromatic rings. The largest absolute Gasteiger partial charge is 0.479 e. The maximum atomic E-state index is 14.4. The molecule has 0 aliphatic rings. The van der Waals surface area contributed by atoms with Gasteiger partial charge in [-0.15, -0.1) is 0 Å². The van der Waals surface area contributed by atoms with Gasteiger partial charge in [-0.25, -0.2) is 13.6 Å². The van der Waals surface area contributed by atoms with Crippen molar-refractivity contribution in [2.45, 2.75) is 39.3 Å². The average molecular weight is 442 g/mol. The highest BCUT2D eigenvalue weighted by Crippen LogP contribution is 2.32. The van der Waals surface area contributed by atoms with Crippen molar-refractivity contribution in [1.29, 1.82) is 0 Å². The topological polar surface area (TPSA) is 94.7 Å². The third kappa shape index (κ3) is 5.39. The summed E-state index contributed by atoms with van der Waals surface area (Å²) in [6.45, 7) is 3.93. The lowest BCUT2D eigenvalue weighted by atomic mass is 10.00. The van der Waals surface area contributed by atoms with Crippen molar-refractivity contribution in [2.24, 2.45) is 5.73 Å². The van der Waals surface area contributed by atoms with Crippen LogP contribution >= 0.6 is 0 Å². The first-order valence-electron chi connectivity index (χ1n) is 10.2. The molecule has 2 aromatic carbocycles. The molecule has 3 N–H and O–H groups in total. The van der Waals surface area contributed by atoms with E-state index in [4.69, 9.17) is 20.3 Å². The molecule has 0 amide bonds. The third-order valence-electron chi connectivity index (χ3n) is 4.85. The molecule has 1 atom stereocenters. The van der Waals surface area contributed by atoms with Gasteiger partial charge in [0.05, 0.1) is 0 Å². The molecule has 3 rings (SSSR count). The van der Waals surface area contributed by atoms with Crippen LogP contribution < -0.4 is 15.2 Å². The Kier molecular flexibility index (Phi) is 7.37. The Morgan fingerprint density at radius 1 is 1.03 bits per heavy atom. The molecule has 1 unspecified atom stereocenters. The van der Waals surface area contributed by atoms with Crippen LogP contribution in [-0.4, -0.2) is 22.2 Å². The smallest absolute Gasteiger partial charge is 0.344 e. The summed E-state index contributed by atoms with van der Waals surface area (Å²) < 4.78 is 39.2. The van der Waals surface area contributed by atoms with E-state index in [9.17, 15) is 13.6 Å². The molecule has 6 nitrogen and oxygen atoms in total. The minimum Gasteiger partial charge on any atom is -0.479 e. The van der Waals surface area contributed by atoms with Crippen molar-refractivity contribution >= 4 is 5.97 Å². The van der Waals surface area contributed by atoms with E-state index >= 15 is 0 Å². The van der Waals surface area contributed by atoms with Crippen molar-refractivity contribution in [3.63, 3.8) is 0 Å². The number of aromatic nitrogens is 1. The first-order valence-corrected chi connectivity index (χ1v) is 10.2. The van der Waals surface area contributed by atoms with Crippen molar-refractivity contribution < 1.29 is 28.2 Å². The Morgan fingerprint density at radius 2 is 1.75 bits per heavy atom. The maximum absolute atomic E-state index is 14.4. The predicted molar refractivity (Wildman–Crippen MR) is 116 cm³/mol. The highest BCUT2D eigenvalue weighted by atomic mass is 19.1. The van der Waals surface area contributed by atoms with E-state index in [1.807, 2.05) is 37.3 Å². The van der Waals surface area contributed by atoms with Gasteiger partial charge in [-0.1, -0.05) is 38.1 Å². The van der Waals surface area contributed by atoms with Gasteiger partial charge >= 0.3 is 5.97 Å². The number of carbonyl (C=O) groups is 1. The van der Waals surface area contributed by atoms with Gasteiger partial charge in [0.15, 0.2) is 17.7 Å². The zero-order valence-electron chi connectivity index (χ0n) is 17.8. The van der Waals surface area contributed by atoms with E-state index in [1.165, 1.54) is 0 Å². The first kappa shape index (κ1) is 23.1. The Bertz CT molecular complexity index is 1120. The normalized spacial score (nSPS) is 11.8. The molecule has 32 heavy (non-hydrogen) atoms. The molecule has 8 heteroatoms. The van der Waals surface area contributed by atoms with Gasteiger partial charge in [0.25, 0.3) is 11.8 Å². The number of ether oxygens (including phenoxy) is 2. The molecular formula is C24H24F2N2O4. The fourth-order valence-corrected chi connectivity index (χ4v) is 3.11. The van der Waals surface area contributed by atoms with E-state index in [2.05, 4.69) is 4.98 Å². The molecule has 0 spiro atoms. The van der Waals surface area contributed by atoms with Crippen molar-refractivity contribution in [2.75, 3.05) is 0 Å². The van der Waals surface area contributed by atoms with Gasteiger partial charge in [-0.3, -0.25) is 0 Å². The number of pyridine rings is 1. The Morgan fingerprint density at radius 3 is 2.41 bits per heavy atom. The summed E-state index contributed by atoms with van der Waals surface area (Å²) in [7, 11) is 0. The summed E-state index contributed by atoms with van der Waals surface area (Å²) in [6, 6.07) is 13.7. The number of nitrogens with zero attached hydrogens (tertiary/aromatic N) is 1. The molecular weight excluding hydrogens is 418 g/mol. The number of rotatable bonds is 9. The SMILES string of the molecule is CCc1cc(Oc2nc(OC(CC)C(=O)O)c(F)cc2F)cc(-c2cccc(CN)c2)c1. The second-order valence-corrected chi connectivity index (χ2v) is 7.14. The minimum absolute atomic E-state index is 0.0772. The van der Waals surface area contributed by atoms with E-state index < -0.39 is 35.5 Å². The van der Waals surface area contributed by atoms with Crippen molar-refractivity contribution in [3.8, 4) is 28.6 Å². The molecule has 0 radical (unpaired) electrons. The summed E-state index contributed by atoms with van der Waals surface area (Å²) in [6.07, 6.45) is -0.542. The van der Waals surface area contributed by atoms with E-state index in [-0.39, 0.29) is 6.42 Å². The van der Waals surface area contributed by atoms with Gasteiger partial charge in [-0.2, -0.15) is 4.98 Å². The molecule has 0 fully saturated rings. The van der Waals surface area contributed by atoms with Crippen LogP contribution in [0.15, 0.2) is 48.5 Å². The second kappa shape index (κ2) is 10.2. The summed E-state index contributed by atoms with van der Waals surface area (Å²) in [4.78, 5) is 14.9. The van der Waals surface area contributed by atoms with Crippen LogP contribution in [0.25, 0.3) is 11.1 Å². The molecule has 0 saturated carbocycles. The Hall–Kier alpha value is -3.52. The van der Waals surface area contributed by atoms with Gasteiger partial charge < -0.3 is 20.3 Å². The highest BCUT2D eigenvalue weighted by molar-refractivity contribution is 5.72. The number of carboxylic acid groups (broad SMARTS) is 1. The van der Waals surface area contributed by atoms with Crippen LogP contribution in [-0.2, 0) is 17.8 Å². The zero-order valence-corrected chi connectivity index (χ0v) is 17.8. The van der Waals surface area contributed by atoms with Gasteiger partial charge in [0, 0.05) is 12.6 Å². The molecule has 1 aromatic heterocycles. The lowest BCUT2D eigenvalue weighted by molar-refractivity contribution is -0.145. The standard InChI is InChI=1S/C24H24F2N2O4/c1-3-14-8-17(16-7-5-6-15(9-16)13-27)11-18(10-14)31-22-19(25)12-20(26)23(28-22)32-21(4-2)24(29)30/h5-12,21H,3-4,13,27H2,1-2H3,(H,29,30). The van der Waals surface area contributed by atoms with Crippen LogP contribution in [0.1, 0.15) is 31.4 Å². The Balaban J connectivity index is 1.97. The lowest BCUT2D eigenvalue weighted by Crippen LogP contribution is -2.26. The summed E-state index contributed by atoms with van der Waals surface area (Å²) in [5, 5.41) is 9.13. The predicted octanol–water partition coefficient (Wildman–Crippen LogP) is 5.08. The number of aryl methyl sites for hydroxylation is 1. The lowest BCUT2D eigenvalue weighted by Gasteiger charge is -2.15. The fourth-order valence-electron chi connectivity index (χ4n) is 3.11. The minimum atomic E-state index is -1.32. The number of aliphatic carboxylic acids is 1. The molecule has 0 aliphatic carbocycles. The van der Waals surface area contributed by atoms with Gasteiger partial charge in [-0.05, 0) is 53.3 Å². The van der Waals surface area contributed by atoms with Crippen LogP contribution in [0.4, 0.5) is 8.78 Å². The van der Waals surface area contributed by atoms with Crippen LogP contribution in [0, 0.1) is 11.6 Å². The van der Waals surface area contributed by atoms with E-state index in [0.29, 0.717) is 24.8 Å². The zero-order chi connectivity index (χ0) is 23.3.